The normalized spacial score (nSPS) is 11.3. The first kappa shape index (κ1) is 20.2. The van der Waals surface area contributed by atoms with Crippen LogP contribution in [0.1, 0.15) is 48.5 Å². The molecular weight excluding hydrogens is 356 g/mol. The molecule has 3 rings (SSSR count). The van der Waals surface area contributed by atoms with E-state index in [0.717, 1.165) is 27.8 Å². The smallest absolute Gasteiger partial charge is 0.186 e. The van der Waals surface area contributed by atoms with Gasteiger partial charge in [-0.05, 0) is 60.7 Å². The van der Waals surface area contributed by atoms with Crippen molar-refractivity contribution in [3.8, 4) is 0 Å². The first-order valence-corrected chi connectivity index (χ1v) is 9.63. The molecule has 0 saturated heterocycles. The number of hydrogen-bond acceptors (Lipinski definition) is 2. The number of ketones is 2. The molecule has 144 valence electrons. The Morgan fingerprint density at radius 1 is 0.621 bits per heavy atom. The SMILES string of the molecule is Cc1cc(C)c(C(=O)/C=C/c2ccccc2)c(C)c1C(=O)/C=C\c1ccccc1. The van der Waals surface area contributed by atoms with E-state index in [0.29, 0.717) is 11.1 Å². The highest BCUT2D eigenvalue weighted by Crippen LogP contribution is 2.24. The van der Waals surface area contributed by atoms with Gasteiger partial charge in [-0.3, -0.25) is 9.59 Å². The standard InChI is InChI=1S/C27H24O2/c1-19-18-20(2)27(25(29)17-15-23-12-8-5-9-13-23)21(3)26(19)24(28)16-14-22-10-6-4-7-11-22/h4-18H,1-3H3/b16-14-,17-15+. The van der Waals surface area contributed by atoms with Gasteiger partial charge >= 0.3 is 0 Å². The van der Waals surface area contributed by atoms with Gasteiger partial charge in [0.25, 0.3) is 0 Å². The molecule has 0 spiro atoms. The highest BCUT2D eigenvalue weighted by molar-refractivity contribution is 6.14. The van der Waals surface area contributed by atoms with Crippen molar-refractivity contribution in [1.29, 1.82) is 0 Å². The lowest BCUT2D eigenvalue weighted by atomic mass is 9.89. The van der Waals surface area contributed by atoms with Crippen molar-refractivity contribution in [3.63, 3.8) is 0 Å². The van der Waals surface area contributed by atoms with Crippen LogP contribution in [0.5, 0.6) is 0 Å². The fraction of sp³-hybridized carbons (Fsp3) is 0.111. The van der Waals surface area contributed by atoms with E-state index in [2.05, 4.69) is 0 Å². The Labute approximate surface area is 172 Å². The molecule has 0 bridgehead atoms. The highest BCUT2D eigenvalue weighted by atomic mass is 16.1. The van der Waals surface area contributed by atoms with Gasteiger partial charge in [-0.1, -0.05) is 78.9 Å². The van der Waals surface area contributed by atoms with Gasteiger partial charge in [-0.25, -0.2) is 0 Å². The zero-order valence-electron chi connectivity index (χ0n) is 17.0. The van der Waals surface area contributed by atoms with Gasteiger partial charge in [-0.15, -0.1) is 0 Å². The molecular formula is C27H24O2. The third-order valence-corrected chi connectivity index (χ3v) is 4.92. The number of aryl methyl sites for hydroxylation is 2. The predicted octanol–water partition coefficient (Wildman–Crippen LogP) is 6.40. The van der Waals surface area contributed by atoms with Crippen LogP contribution in [0, 0.1) is 20.8 Å². The number of allylic oxidation sites excluding steroid dienone is 2. The molecule has 0 atom stereocenters. The summed E-state index contributed by atoms with van der Waals surface area (Å²) in [5.41, 5.74) is 5.61. The third kappa shape index (κ3) is 4.85. The maximum Gasteiger partial charge on any atom is 0.186 e. The lowest BCUT2D eigenvalue weighted by molar-refractivity contribution is 0.104. The number of hydrogen-bond donors (Lipinski definition) is 0. The molecule has 0 amide bonds. The van der Waals surface area contributed by atoms with Crippen molar-refractivity contribution < 1.29 is 9.59 Å². The molecule has 0 aliphatic carbocycles. The predicted molar refractivity (Wildman–Crippen MR) is 120 cm³/mol. The van der Waals surface area contributed by atoms with Gasteiger partial charge in [0.15, 0.2) is 11.6 Å². The fourth-order valence-corrected chi connectivity index (χ4v) is 3.58. The van der Waals surface area contributed by atoms with Crippen LogP contribution in [0.15, 0.2) is 78.9 Å². The maximum absolute atomic E-state index is 12.9. The largest absolute Gasteiger partial charge is 0.289 e. The second-order valence-electron chi connectivity index (χ2n) is 7.10. The van der Waals surface area contributed by atoms with Gasteiger partial charge in [0.2, 0.25) is 0 Å². The maximum atomic E-state index is 12.9. The minimum atomic E-state index is -0.0926. The molecule has 3 aromatic carbocycles. The van der Waals surface area contributed by atoms with Crippen molar-refractivity contribution in [1.82, 2.24) is 0 Å². The zero-order chi connectivity index (χ0) is 20.8. The van der Waals surface area contributed by atoms with Crippen LogP contribution in [-0.4, -0.2) is 11.6 Å². The van der Waals surface area contributed by atoms with Crippen molar-refractivity contribution in [2.45, 2.75) is 20.8 Å². The van der Waals surface area contributed by atoms with E-state index < -0.39 is 0 Å². The summed E-state index contributed by atoms with van der Waals surface area (Å²) in [6.45, 7) is 5.68. The Bertz CT molecular complexity index is 1000. The third-order valence-electron chi connectivity index (χ3n) is 4.92. The molecule has 3 aromatic rings. The molecule has 0 N–H and O–H groups in total. The number of carbonyl (C=O) groups excluding carboxylic acids is 2. The Balaban J connectivity index is 1.93. The summed E-state index contributed by atoms with van der Waals surface area (Å²) in [5.74, 6) is -0.185. The van der Waals surface area contributed by atoms with E-state index >= 15 is 0 Å². The average molecular weight is 380 g/mol. The molecule has 0 aliphatic heterocycles. The van der Waals surface area contributed by atoms with E-state index in [9.17, 15) is 9.59 Å². The van der Waals surface area contributed by atoms with Crippen molar-refractivity contribution in [3.05, 3.63) is 118 Å². The minimum absolute atomic E-state index is 0.0926. The summed E-state index contributed by atoms with van der Waals surface area (Å²) in [5, 5.41) is 0. The van der Waals surface area contributed by atoms with Crippen LogP contribution < -0.4 is 0 Å². The molecule has 0 aromatic heterocycles. The van der Waals surface area contributed by atoms with Crippen LogP contribution in [0.2, 0.25) is 0 Å². The van der Waals surface area contributed by atoms with E-state index in [1.807, 2.05) is 87.5 Å². The summed E-state index contributed by atoms with van der Waals surface area (Å²) in [4.78, 5) is 25.8. The van der Waals surface area contributed by atoms with Gasteiger partial charge in [0, 0.05) is 11.1 Å². The van der Waals surface area contributed by atoms with E-state index in [1.54, 1.807) is 24.3 Å². The number of rotatable bonds is 6. The van der Waals surface area contributed by atoms with Crippen LogP contribution >= 0.6 is 0 Å². The van der Waals surface area contributed by atoms with Crippen LogP contribution in [0.4, 0.5) is 0 Å². The van der Waals surface area contributed by atoms with Crippen molar-refractivity contribution in [2.75, 3.05) is 0 Å². The summed E-state index contributed by atoms with van der Waals surface area (Å²) >= 11 is 0. The second-order valence-corrected chi connectivity index (χ2v) is 7.10. The quantitative estimate of drug-likeness (QED) is 0.366. The monoisotopic (exact) mass is 380 g/mol. The summed E-state index contributed by atoms with van der Waals surface area (Å²) in [7, 11) is 0. The molecule has 0 saturated carbocycles. The fourth-order valence-electron chi connectivity index (χ4n) is 3.58. The first-order valence-electron chi connectivity index (χ1n) is 9.63. The van der Waals surface area contributed by atoms with E-state index in [1.165, 1.54) is 0 Å². The Morgan fingerprint density at radius 2 is 1.00 bits per heavy atom. The molecule has 2 nitrogen and oxygen atoms in total. The average Bonchev–Trinajstić information content (AvgIpc) is 2.72. The molecule has 0 radical (unpaired) electrons. The van der Waals surface area contributed by atoms with Gasteiger partial charge in [0.05, 0.1) is 0 Å². The Hall–Kier alpha value is -3.52. The van der Waals surface area contributed by atoms with Crippen LogP contribution in [0.25, 0.3) is 12.2 Å². The zero-order valence-corrected chi connectivity index (χ0v) is 17.0. The molecule has 0 heterocycles. The van der Waals surface area contributed by atoms with Crippen molar-refractivity contribution >= 4 is 23.7 Å². The van der Waals surface area contributed by atoms with Crippen LogP contribution in [-0.2, 0) is 0 Å². The lowest BCUT2D eigenvalue weighted by Crippen LogP contribution is -2.10. The van der Waals surface area contributed by atoms with E-state index in [4.69, 9.17) is 0 Å². The van der Waals surface area contributed by atoms with Gasteiger partial charge in [0.1, 0.15) is 0 Å². The van der Waals surface area contributed by atoms with Crippen molar-refractivity contribution in [2.24, 2.45) is 0 Å². The molecule has 2 heteroatoms. The number of benzene rings is 3. The molecule has 0 unspecified atom stereocenters. The van der Waals surface area contributed by atoms with E-state index in [-0.39, 0.29) is 11.6 Å². The molecule has 0 aliphatic rings. The second kappa shape index (κ2) is 9.11. The summed E-state index contributed by atoms with van der Waals surface area (Å²) in [6, 6.07) is 21.3. The highest BCUT2D eigenvalue weighted by Gasteiger charge is 2.18. The Kier molecular flexibility index (Phi) is 6.36. The topological polar surface area (TPSA) is 34.1 Å². The van der Waals surface area contributed by atoms with Gasteiger partial charge in [-0.2, -0.15) is 0 Å². The van der Waals surface area contributed by atoms with Crippen LogP contribution in [0.3, 0.4) is 0 Å². The number of carbonyl (C=O) groups is 2. The minimum Gasteiger partial charge on any atom is -0.289 e. The summed E-state index contributed by atoms with van der Waals surface area (Å²) in [6.07, 6.45) is 6.76. The Morgan fingerprint density at radius 3 is 1.38 bits per heavy atom. The summed E-state index contributed by atoms with van der Waals surface area (Å²) < 4.78 is 0. The first-order chi connectivity index (χ1) is 14.0. The molecule has 0 fully saturated rings. The molecule has 29 heavy (non-hydrogen) atoms. The van der Waals surface area contributed by atoms with Gasteiger partial charge < -0.3 is 0 Å². The lowest BCUT2D eigenvalue weighted by Gasteiger charge is -2.14.